The molecule has 2 aromatic carbocycles. The molecule has 4 amide bonds. The SMILES string of the molecule is CCc1ccccc1N1C(=O)NC(=O)/C(=C\c2ccc(-c3cc(C(=O)O)ccc3Cl)o2)C1=O. The van der Waals surface area contributed by atoms with E-state index in [0.29, 0.717) is 17.7 Å². The van der Waals surface area contributed by atoms with Gasteiger partial charge in [0.2, 0.25) is 0 Å². The largest absolute Gasteiger partial charge is 0.478 e. The highest BCUT2D eigenvalue weighted by Gasteiger charge is 2.37. The number of para-hydroxylation sites is 1. The average Bonchev–Trinajstić information content (AvgIpc) is 3.25. The van der Waals surface area contributed by atoms with E-state index in [4.69, 9.17) is 16.0 Å². The van der Waals surface area contributed by atoms with E-state index in [1.807, 2.05) is 6.92 Å². The fourth-order valence-electron chi connectivity index (χ4n) is 3.47. The Morgan fingerprint density at radius 1 is 1.12 bits per heavy atom. The topological polar surface area (TPSA) is 117 Å². The van der Waals surface area contributed by atoms with Crippen molar-refractivity contribution >= 4 is 47.2 Å². The quantitative estimate of drug-likeness (QED) is 0.423. The van der Waals surface area contributed by atoms with Crippen molar-refractivity contribution < 1.29 is 28.7 Å². The fraction of sp³-hybridized carbons (Fsp3) is 0.0833. The number of urea groups is 1. The number of imide groups is 2. The molecule has 1 fully saturated rings. The number of furan rings is 1. The molecule has 1 aliphatic heterocycles. The summed E-state index contributed by atoms with van der Waals surface area (Å²) < 4.78 is 5.71. The van der Waals surface area contributed by atoms with Gasteiger partial charge in [-0.2, -0.15) is 0 Å². The highest BCUT2D eigenvalue weighted by molar-refractivity contribution is 6.39. The summed E-state index contributed by atoms with van der Waals surface area (Å²) in [5.41, 5.74) is 1.23. The molecule has 0 atom stereocenters. The van der Waals surface area contributed by atoms with Gasteiger partial charge in [0.15, 0.2) is 0 Å². The number of amides is 4. The van der Waals surface area contributed by atoms with Gasteiger partial charge in [0.05, 0.1) is 16.3 Å². The number of carboxylic acids is 1. The molecule has 1 aromatic heterocycles. The number of carbonyl (C=O) groups is 4. The highest BCUT2D eigenvalue weighted by Crippen LogP contribution is 2.32. The smallest absolute Gasteiger partial charge is 0.335 e. The lowest BCUT2D eigenvalue weighted by atomic mass is 10.1. The Hall–Kier alpha value is -4.17. The number of carboxylic acid groups (broad SMARTS) is 1. The maximum absolute atomic E-state index is 13.1. The van der Waals surface area contributed by atoms with E-state index >= 15 is 0 Å². The third-order valence-corrected chi connectivity index (χ3v) is 5.44. The van der Waals surface area contributed by atoms with Crippen LogP contribution >= 0.6 is 11.6 Å². The summed E-state index contributed by atoms with van der Waals surface area (Å²) >= 11 is 6.18. The minimum Gasteiger partial charge on any atom is -0.478 e. The van der Waals surface area contributed by atoms with Crippen LogP contribution in [-0.4, -0.2) is 28.9 Å². The second-order valence-electron chi connectivity index (χ2n) is 7.14. The maximum Gasteiger partial charge on any atom is 0.335 e. The van der Waals surface area contributed by atoms with E-state index in [0.717, 1.165) is 10.5 Å². The molecular weight excluding hydrogens is 448 g/mol. The number of barbiturate groups is 1. The van der Waals surface area contributed by atoms with Gasteiger partial charge in [0.25, 0.3) is 11.8 Å². The Kier molecular flexibility index (Phi) is 5.85. The van der Waals surface area contributed by atoms with Crippen molar-refractivity contribution in [1.82, 2.24) is 5.32 Å². The number of anilines is 1. The number of halogens is 1. The molecule has 8 nitrogen and oxygen atoms in total. The monoisotopic (exact) mass is 464 g/mol. The lowest BCUT2D eigenvalue weighted by Crippen LogP contribution is -2.54. The van der Waals surface area contributed by atoms with E-state index in [1.54, 1.807) is 30.3 Å². The van der Waals surface area contributed by atoms with Gasteiger partial charge in [-0.15, -0.1) is 0 Å². The zero-order valence-corrected chi connectivity index (χ0v) is 18.1. The van der Waals surface area contributed by atoms with Crippen LogP contribution in [-0.2, 0) is 16.0 Å². The molecule has 1 saturated heterocycles. The lowest BCUT2D eigenvalue weighted by Gasteiger charge is -2.27. The lowest BCUT2D eigenvalue weighted by molar-refractivity contribution is -0.122. The third-order valence-electron chi connectivity index (χ3n) is 5.11. The molecule has 9 heteroatoms. The Balaban J connectivity index is 1.71. The van der Waals surface area contributed by atoms with E-state index < -0.39 is 23.8 Å². The molecule has 166 valence electrons. The molecule has 2 heterocycles. The first kappa shape index (κ1) is 22.0. The molecule has 0 bridgehead atoms. The molecule has 0 aliphatic carbocycles. The van der Waals surface area contributed by atoms with Crippen LogP contribution in [0.1, 0.15) is 28.6 Å². The summed E-state index contributed by atoms with van der Waals surface area (Å²) in [6.07, 6.45) is 1.81. The number of rotatable bonds is 5. The maximum atomic E-state index is 13.1. The molecule has 0 spiro atoms. The normalized spacial score (nSPS) is 15.2. The van der Waals surface area contributed by atoms with Crippen LogP contribution < -0.4 is 10.2 Å². The van der Waals surface area contributed by atoms with Gasteiger partial charge in [-0.05, 0) is 54.5 Å². The average molecular weight is 465 g/mol. The standard InChI is InChI=1S/C24H17ClN2O6/c1-2-13-5-3-4-6-19(13)27-22(29)17(21(28)26-24(27)32)12-15-8-10-20(33-15)16-11-14(23(30)31)7-9-18(16)25/h3-12H,2H2,1H3,(H,30,31)(H,26,28,32)/b17-12+. The molecular formula is C24H17ClN2O6. The third kappa shape index (κ3) is 4.16. The van der Waals surface area contributed by atoms with Gasteiger partial charge in [0, 0.05) is 5.56 Å². The van der Waals surface area contributed by atoms with E-state index in [-0.39, 0.29) is 27.7 Å². The van der Waals surface area contributed by atoms with Crippen LogP contribution in [0.15, 0.2) is 64.6 Å². The number of benzene rings is 2. The zero-order chi connectivity index (χ0) is 23.7. The number of aryl methyl sites for hydroxylation is 1. The fourth-order valence-corrected chi connectivity index (χ4v) is 3.68. The van der Waals surface area contributed by atoms with Crippen molar-refractivity contribution in [3.63, 3.8) is 0 Å². The first-order valence-corrected chi connectivity index (χ1v) is 10.3. The second kappa shape index (κ2) is 8.76. The molecule has 2 N–H and O–H groups in total. The number of aromatic carboxylic acids is 1. The summed E-state index contributed by atoms with van der Waals surface area (Å²) in [4.78, 5) is 50.2. The molecule has 3 aromatic rings. The number of hydrogen-bond donors (Lipinski definition) is 2. The Morgan fingerprint density at radius 3 is 2.61 bits per heavy atom. The van der Waals surface area contributed by atoms with Crippen LogP contribution in [0.25, 0.3) is 17.4 Å². The predicted octanol–water partition coefficient (Wildman–Crippen LogP) is 4.53. The summed E-state index contributed by atoms with van der Waals surface area (Å²) in [5, 5.41) is 11.7. The number of nitrogens with one attached hydrogen (secondary N) is 1. The Labute approximate surface area is 193 Å². The van der Waals surface area contributed by atoms with Crippen molar-refractivity contribution in [2.75, 3.05) is 4.90 Å². The van der Waals surface area contributed by atoms with Crippen molar-refractivity contribution in [2.24, 2.45) is 0 Å². The summed E-state index contributed by atoms with van der Waals surface area (Å²) in [7, 11) is 0. The summed E-state index contributed by atoms with van der Waals surface area (Å²) in [5.74, 6) is -2.35. The first-order valence-electron chi connectivity index (χ1n) is 9.92. The van der Waals surface area contributed by atoms with E-state index in [1.165, 1.54) is 30.3 Å². The van der Waals surface area contributed by atoms with Crippen molar-refractivity contribution in [3.05, 3.63) is 82.1 Å². The van der Waals surface area contributed by atoms with Gasteiger partial charge in [-0.3, -0.25) is 14.9 Å². The van der Waals surface area contributed by atoms with Crippen LogP contribution in [0, 0.1) is 0 Å². The van der Waals surface area contributed by atoms with Crippen LogP contribution in [0.4, 0.5) is 10.5 Å². The van der Waals surface area contributed by atoms with Crippen molar-refractivity contribution in [3.8, 4) is 11.3 Å². The number of hydrogen-bond acceptors (Lipinski definition) is 5. The van der Waals surface area contributed by atoms with E-state index in [2.05, 4.69) is 5.32 Å². The minimum absolute atomic E-state index is 0.0243. The van der Waals surface area contributed by atoms with Gasteiger partial charge in [0.1, 0.15) is 17.1 Å². The van der Waals surface area contributed by atoms with E-state index in [9.17, 15) is 24.3 Å². The Morgan fingerprint density at radius 2 is 1.88 bits per heavy atom. The molecule has 33 heavy (non-hydrogen) atoms. The molecule has 0 radical (unpaired) electrons. The van der Waals surface area contributed by atoms with Gasteiger partial charge in [-0.25, -0.2) is 14.5 Å². The van der Waals surface area contributed by atoms with Gasteiger partial charge in [-0.1, -0.05) is 36.7 Å². The minimum atomic E-state index is -1.12. The highest BCUT2D eigenvalue weighted by atomic mass is 35.5. The zero-order valence-electron chi connectivity index (χ0n) is 17.3. The molecule has 1 aliphatic rings. The van der Waals surface area contributed by atoms with Crippen molar-refractivity contribution in [2.45, 2.75) is 13.3 Å². The summed E-state index contributed by atoms with van der Waals surface area (Å²) in [6.45, 7) is 1.89. The Bertz CT molecular complexity index is 1340. The van der Waals surface area contributed by atoms with Crippen LogP contribution in [0.5, 0.6) is 0 Å². The molecule has 4 rings (SSSR count). The second-order valence-corrected chi connectivity index (χ2v) is 7.55. The van der Waals surface area contributed by atoms with Gasteiger partial charge >= 0.3 is 12.0 Å². The van der Waals surface area contributed by atoms with Gasteiger partial charge < -0.3 is 9.52 Å². The van der Waals surface area contributed by atoms with Crippen LogP contribution in [0.2, 0.25) is 5.02 Å². The first-order chi connectivity index (χ1) is 15.8. The summed E-state index contributed by atoms with van der Waals surface area (Å²) in [6, 6.07) is 13.3. The predicted molar refractivity (Wildman–Crippen MR) is 121 cm³/mol. The van der Waals surface area contributed by atoms with Crippen molar-refractivity contribution in [1.29, 1.82) is 0 Å². The molecule has 0 saturated carbocycles. The number of nitrogens with zero attached hydrogens (tertiary/aromatic N) is 1. The molecule has 0 unspecified atom stereocenters. The number of carbonyl (C=O) groups excluding carboxylic acids is 3. The van der Waals surface area contributed by atoms with Crippen LogP contribution in [0.3, 0.4) is 0 Å².